The normalized spacial score (nSPS) is 10.3. The van der Waals surface area contributed by atoms with Crippen LogP contribution in [0.25, 0.3) is 0 Å². The molecule has 0 saturated heterocycles. The summed E-state index contributed by atoms with van der Waals surface area (Å²) in [5.41, 5.74) is 8.75. The molecule has 0 aliphatic rings. The minimum Gasteiger partial charge on any atom is -0.397 e. The summed E-state index contributed by atoms with van der Waals surface area (Å²) in [5, 5.41) is 0. The average Bonchev–Trinajstić information content (AvgIpc) is 2.79. The van der Waals surface area contributed by atoms with Gasteiger partial charge >= 0.3 is 0 Å². The van der Waals surface area contributed by atoms with Crippen LogP contribution in [0.2, 0.25) is 0 Å². The van der Waals surface area contributed by atoms with Gasteiger partial charge in [-0.1, -0.05) is 17.7 Å². The van der Waals surface area contributed by atoms with Crippen molar-refractivity contribution < 1.29 is 4.79 Å². The number of aryl methyl sites for hydroxylation is 1. The highest BCUT2D eigenvalue weighted by atomic mass is 16.2. The van der Waals surface area contributed by atoms with Crippen LogP contribution in [0.4, 0.5) is 11.4 Å². The maximum Gasteiger partial charge on any atom is 0.274 e. The molecule has 0 bridgehead atoms. The summed E-state index contributed by atoms with van der Waals surface area (Å²) in [5.74, 6) is -0.0712. The first kappa shape index (κ1) is 12.2. The zero-order valence-electron chi connectivity index (χ0n) is 10.6. The molecule has 1 amide bonds. The molecule has 0 aliphatic carbocycles. The molecular weight excluding hydrogens is 226 g/mol. The Morgan fingerprint density at radius 1 is 1.33 bits per heavy atom. The number of rotatable bonds is 3. The van der Waals surface area contributed by atoms with Gasteiger partial charge in [0, 0.05) is 24.1 Å². The van der Waals surface area contributed by atoms with Crippen molar-refractivity contribution in [2.75, 3.05) is 17.2 Å². The van der Waals surface area contributed by atoms with Crippen molar-refractivity contribution in [1.29, 1.82) is 0 Å². The van der Waals surface area contributed by atoms with Gasteiger partial charge in [-0.25, -0.2) is 0 Å². The van der Waals surface area contributed by atoms with E-state index in [2.05, 4.69) is 4.98 Å². The molecule has 94 valence electrons. The molecule has 0 spiro atoms. The molecule has 0 unspecified atom stereocenters. The lowest BCUT2D eigenvalue weighted by atomic mass is 10.2. The van der Waals surface area contributed by atoms with Crippen LogP contribution in [-0.4, -0.2) is 17.4 Å². The molecule has 0 fully saturated rings. The van der Waals surface area contributed by atoms with E-state index in [0.717, 1.165) is 5.69 Å². The van der Waals surface area contributed by atoms with Gasteiger partial charge in [-0.05, 0) is 32.0 Å². The molecule has 4 heteroatoms. The van der Waals surface area contributed by atoms with Crippen LogP contribution >= 0.6 is 0 Å². The van der Waals surface area contributed by atoms with Crippen molar-refractivity contribution in [3.63, 3.8) is 0 Å². The van der Waals surface area contributed by atoms with Crippen molar-refractivity contribution in [3.8, 4) is 0 Å². The quantitative estimate of drug-likeness (QED) is 0.870. The van der Waals surface area contributed by atoms with Crippen molar-refractivity contribution in [3.05, 3.63) is 47.8 Å². The number of anilines is 2. The van der Waals surface area contributed by atoms with Crippen LogP contribution < -0.4 is 10.6 Å². The van der Waals surface area contributed by atoms with Crippen molar-refractivity contribution in [2.45, 2.75) is 13.8 Å². The topological polar surface area (TPSA) is 62.1 Å². The Morgan fingerprint density at radius 3 is 2.50 bits per heavy atom. The average molecular weight is 243 g/mol. The number of hydrogen-bond acceptors (Lipinski definition) is 2. The first-order chi connectivity index (χ1) is 8.61. The Morgan fingerprint density at radius 2 is 2.00 bits per heavy atom. The number of carbonyl (C=O) groups excluding carboxylic acids is 1. The molecule has 1 heterocycles. The van der Waals surface area contributed by atoms with Gasteiger partial charge in [0.15, 0.2) is 0 Å². The molecule has 1 aromatic heterocycles. The molecule has 0 saturated carbocycles. The van der Waals surface area contributed by atoms with E-state index in [1.165, 1.54) is 5.56 Å². The Bertz CT molecular complexity index is 542. The Labute approximate surface area is 106 Å². The molecule has 18 heavy (non-hydrogen) atoms. The standard InChI is InChI=1S/C14H17N3O/c1-3-17(12-6-4-10(2)5-7-12)14(18)13-8-11(15)9-16-13/h4-9,16H,3,15H2,1-2H3. The number of hydrogen-bond donors (Lipinski definition) is 2. The number of aromatic amines is 1. The lowest BCUT2D eigenvalue weighted by Crippen LogP contribution is -2.30. The number of H-pyrrole nitrogens is 1. The molecule has 2 rings (SSSR count). The highest BCUT2D eigenvalue weighted by molar-refractivity contribution is 6.05. The van der Waals surface area contributed by atoms with Crippen LogP contribution in [0.5, 0.6) is 0 Å². The largest absolute Gasteiger partial charge is 0.397 e. The highest BCUT2D eigenvalue weighted by Gasteiger charge is 2.17. The van der Waals surface area contributed by atoms with Crippen LogP contribution in [0.1, 0.15) is 23.0 Å². The third-order valence-electron chi connectivity index (χ3n) is 2.84. The van der Waals surface area contributed by atoms with Crippen molar-refractivity contribution in [2.24, 2.45) is 0 Å². The smallest absolute Gasteiger partial charge is 0.274 e. The minimum atomic E-state index is -0.0712. The molecule has 0 radical (unpaired) electrons. The molecular formula is C14H17N3O. The second kappa shape index (κ2) is 4.96. The first-order valence-corrected chi connectivity index (χ1v) is 5.94. The van der Waals surface area contributed by atoms with Crippen molar-refractivity contribution in [1.82, 2.24) is 4.98 Å². The summed E-state index contributed by atoms with van der Waals surface area (Å²) < 4.78 is 0. The summed E-state index contributed by atoms with van der Waals surface area (Å²) in [6, 6.07) is 9.54. The number of carbonyl (C=O) groups is 1. The SMILES string of the molecule is CCN(C(=O)c1cc(N)c[nH]1)c1ccc(C)cc1. The maximum absolute atomic E-state index is 12.3. The van der Waals surface area contributed by atoms with Gasteiger partial charge in [0.25, 0.3) is 5.91 Å². The maximum atomic E-state index is 12.3. The number of nitrogens with one attached hydrogen (secondary N) is 1. The lowest BCUT2D eigenvalue weighted by molar-refractivity contribution is 0.0984. The predicted molar refractivity (Wildman–Crippen MR) is 73.7 cm³/mol. The van der Waals surface area contributed by atoms with E-state index in [9.17, 15) is 4.79 Å². The van der Waals surface area contributed by atoms with Crippen LogP contribution in [0.3, 0.4) is 0 Å². The van der Waals surface area contributed by atoms with E-state index in [0.29, 0.717) is 17.9 Å². The number of nitrogens with zero attached hydrogens (tertiary/aromatic N) is 1. The third kappa shape index (κ3) is 2.37. The van der Waals surface area contributed by atoms with E-state index in [4.69, 9.17) is 5.73 Å². The van der Waals surface area contributed by atoms with Gasteiger partial charge in [0.1, 0.15) is 5.69 Å². The number of nitrogen functional groups attached to an aromatic ring is 1. The number of benzene rings is 1. The summed E-state index contributed by atoms with van der Waals surface area (Å²) in [6.45, 7) is 4.58. The second-order valence-electron chi connectivity index (χ2n) is 4.23. The molecule has 4 nitrogen and oxygen atoms in total. The summed E-state index contributed by atoms with van der Waals surface area (Å²) in [4.78, 5) is 16.9. The fourth-order valence-corrected chi connectivity index (χ4v) is 1.85. The number of aromatic nitrogens is 1. The van der Waals surface area contributed by atoms with E-state index in [1.54, 1.807) is 17.2 Å². The van der Waals surface area contributed by atoms with Crippen LogP contribution in [0.15, 0.2) is 36.5 Å². The van der Waals surface area contributed by atoms with E-state index in [-0.39, 0.29) is 5.91 Å². The van der Waals surface area contributed by atoms with Gasteiger partial charge in [-0.2, -0.15) is 0 Å². The minimum absolute atomic E-state index is 0.0712. The van der Waals surface area contributed by atoms with Crippen molar-refractivity contribution >= 4 is 17.3 Å². The molecule has 3 N–H and O–H groups in total. The van der Waals surface area contributed by atoms with E-state index in [1.807, 2.05) is 38.1 Å². The zero-order valence-corrected chi connectivity index (χ0v) is 10.6. The molecule has 0 aliphatic heterocycles. The van der Waals surface area contributed by atoms with Gasteiger partial charge in [-0.15, -0.1) is 0 Å². The molecule has 0 atom stereocenters. The Kier molecular flexibility index (Phi) is 3.37. The fraction of sp³-hybridized carbons (Fsp3) is 0.214. The highest BCUT2D eigenvalue weighted by Crippen LogP contribution is 2.18. The number of nitrogens with two attached hydrogens (primary N) is 1. The molecule has 1 aromatic carbocycles. The van der Waals surface area contributed by atoms with Crippen LogP contribution in [-0.2, 0) is 0 Å². The second-order valence-corrected chi connectivity index (χ2v) is 4.23. The fourth-order valence-electron chi connectivity index (χ4n) is 1.85. The monoisotopic (exact) mass is 243 g/mol. The predicted octanol–water partition coefficient (Wildman–Crippen LogP) is 2.57. The van der Waals surface area contributed by atoms with Gasteiger partial charge in [0.05, 0.1) is 0 Å². The first-order valence-electron chi connectivity index (χ1n) is 5.94. The van der Waals surface area contributed by atoms with Crippen LogP contribution in [0, 0.1) is 6.92 Å². The third-order valence-corrected chi connectivity index (χ3v) is 2.84. The van der Waals surface area contributed by atoms with Gasteiger partial charge in [0.2, 0.25) is 0 Å². The summed E-state index contributed by atoms with van der Waals surface area (Å²) in [7, 11) is 0. The lowest BCUT2D eigenvalue weighted by Gasteiger charge is -2.20. The zero-order chi connectivity index (χ0) is 13.1. The Balaban J connectivity index is 2.28. The summed E-state index contributed by atoms with van der Waals surface area (Å²) in [6.07, 6.45) is 1.62. The van der Waals surface area contributed by atoms with Gasteiger partial charge < -0.3 is 15.6 Å². The Hall–Kier alpha value is -2.23. The van der Waals surface area contributed by atoms with Gasteiger partial charge in [-0.3, -0.25) is 4.79 Å². The summed E-state index contributed by atoms with van der Waals surface area (Å²) >= 11 is 0. The number of amides is 1. The van der Waals surface area contributed by atoms with E-state index < -0.39 is 0 Å². The molecule has 2 aromatic rings. The van der Waals surface area contributed by atoms with E-state index >= 15 is 0 Å².